The Bertz CT molecular complexity index is 713. The molecular formula is C13H11N3O4S. The van der Waals surface area contributed by atoms with Gasteiger partial charge in [0.2, 0.25) is 0 Å². The van der Waals surface area contributed by atoms with Crippen LogP contribution in [-0.4, -0.2) is 26.0 Å². The number of aryl methyl sites for hydroxylation is 2. The monoisotopic (exact) mass is 305 g/mol. The normalized spacial score (nSPS) is 10.4. The SMILES string of the molecule is Cc1cc(C)nc(Sc2cc([N+](=O)[O-])ccc2C(=O)O)n1. The summed E-state index contributed by atoms with van der Waals surface area (Å²) in [6.45, 7) is 3.59. The second kappa shape index (κ2) is 5.88. The van der Waals surface area contributed by atoms with Crippen LogP contribution in [-0.2, 0) is 0 Å². The van der Waals surface area contributed by atoms with Crippen LogP contribution >= 0.6 is 11.8 Å². The van der Waals surface area contributed by atoms with E-state index < -0.39 is 10.9 Å². The first kappa shape index (κ1) is 14.9. The maximum Gasteiger partial charge on any atom is 0.336 e. The van der Waals surface area contributed by atoms with Gasteiger partial charge >= 0.3 is 5.97 Å². The number of nitrogens with zero attached hydrogens (tertiary/aromatic N) is 3. The largest absolute Gasteiger partial charge is 0.478 e. The Labute approximate surface area is 124 Å². The highest BCUT2D eigenvalue weighted by Gasteiger charge is 2.17. The molecule has 108 valence electrons. The van der Waals surface area contributed by atoms with Crippen molar-refractivity contribution >= 4 is 23.4 Å². The van der Waals surface area contributed by atoms with E-state index in [-0.39, 0.29) is 16.1 Å². The number of non-ortho nitro benzene ring substituents is 1. The first-order valence-corrected chi connectivity index (χ1v) is 6.70. The molecule has 2 aromatic rings. The fourth-order valence-electron chi connectivity index (χ4n) is 1.72. The van der Waals surface area contributed by atoms with Crippen molar-refractivity contribution in [1.82, 2.24) is 9.97 Å². The minimum absolute atomic E-state index is 0.0200. The molecule has 1 N–H and O–H groups in total. The Hall–Kier alpha value is -2.48. The van der Waals surface area contributed by atoms with Gasteiger partial charge in [-0.05, 0) is 37.7 Å². The van der Waals surface area contributed by atoms with Crippen molar-refractivity contribution in [3.8, 4) is 0 Å². The fraction of sp³-hybridized carbons (Fsp3) is 0.154. The summed E-state index contributed by atoms with van der Waals surface area (Å²) >= 11 is 0.995. The molecule has 1 aromatic heterocycles. The molecule has 0 atom stereocenters. The summed E-state index contributed by atoms with van der Waals surface area (Å²) in [6.07, 6.45) is 0. The van der Waals surface area contributed by atoms with Crippen molar-refractivity contribution in [2.75, 3.05) is 0 Å². The van der Waals surface area contributed by atoms with Gasteiger partial charge in [-0.25, -0.2) is 14.8 Å². The van der Waals surface area contributed by atoms with Gasteiger partial charge in [0.1, 0.15) is 0 Å². The smallest absolute Gasteiger partial charge is 0.336 e. The highest BCUT2D eigenvalue weighted by Crippen LogP contribution is 2.31. The van der Waals surface area contributed by atoms with E-state index in [0.717, 1.165) is 29.2 Å². The maximum absolute atomic E-state index is 11.2. The molecule has 0 saturated heterocycles. The van der Waals surface area contributed by atoms with Crippen LogP contribution in [0.3, 0.4) is 0 Å². The summed E-state index contributed by atoms with van der Waals surface area (Å²) in [4.78, 5) is 30.1. The lowest BCUT2D eigenvalue weighted by Crippen LogP contribution is -2.01. The number of hydrogen-bond acceptors (Lipinski definition) is 6. The molecule has 21 heavy (non-hydrogen) atoms. The second-order valence-electron chi connectivity index (χ2n) is 4.28. The average Bonchev–Trinajstić information content (AvgIpc) is 2.36. The molecule has 0 radical (unpaired) electrons. The van der Waals surface area contributed by atoms with Crippen molar-refractivity contribution in [3.63, 3.8) is 0 Å². The van der Waals surface area contributed by atoms with E-state index in [9.17, 15) is 14.9 Å². The van der Waals surface area contributed by atoms with Crippen LogP contribution in [0.1, 0.15) is 21.7 Å². The standard InChI is InChI=1S/C13H11N3O4S/c1-7-5-8(2)15-13(14-7)21-11-6-9(16(19)20)3-4-10(11)12(17)18/h3-6H,1-2H3,(H,17,18). The summed E-state index contributed by atoms with van der Waals surface area (Å²) in [5, 5.41) is 20.3. The molecule has 0 aliphatic carbocycles. The van der Waals surface area contributed by atoms with Gasteiger partial charge in [-0.15, -0.1) is 0 Å². The molecule has 0 amide bonds. The van der Waals surface area contributed by atoms with Gasteiger partial charge in [-0.2, -0.15) is 0 Å². The third-order valence-electron chi connectivity index (χ3n) is 2.57. The molecule has 2 rings (SSSR count). The van der Waals surface area contributed by atoms with Crippen LogP contribution < -0.4 is 0 Å². The third-order valence-corrected chi connectivity index (χ3v) is 3.49. The van der Waals surface area contributed by atoms with E-state index in [1.807, 2.05) is 0 Å². The van der Waals surface area contributed by atoms with Gasteiger partial charge in [-0.1, -0.05) is 0 Å². The number of nitro groups is 1. The summed E-state index contributed by atoms with van der Waals surface area (Å²) in [5.74, 6) is -1.16. The molecule has 1 aromatic carbocycles. The fourth-order valence-corrected chi connectivity index (χ4v) is 2.74. The van der Waals surface area contributed by atoms with Gasteiger partial charge in [0.05, 0.1) is 10.5 Å². The third kappa shape index (κ3) is 3.54. The number of rotatable bonds is 4. The number of benzene rings is 1. The molecule has 0 unspecified atom stereocenters. The van der Waals surface area contributed by atoms with Crippen molar-refractivity contribution < 1.29 is 14.8 Å². The second-order valence-corrected chi connectivity index (χ2v) is 5.29. The number of aromatic carboxylic acids is 1. The summed E-state index contributed by atoms with van der Waals surface area (Å²) < 4.78 is 0. The van der Waals surface area contributed by atoms with E-state index in [2.05, 4.69) is 9.97 Å². The number of carboxylic acids is 1. The molecule has 0 spiro atoms. The van der Waals surface area contributed by atoms with E-state index in [1.165, 1.54) is 12.1 Å². The molecule has 0 saturated carbocycles. The lowest BCUT2D eigenvalue weighted by Gasteiger charge is -2.06. The minimum Gasteiger partial charge on any atom is -0.478 e. The summed E-state index contributed by atoms with van der Waals surface area (Å²) in [6, 6.07) is 5.38. The number of hydrogen-bond donors (Lipinski definition) is 1. The van der Waals surface area contributed by atoms with Crippen LogP contribution in [0.5, 0.6) is 0 Å². The zero-order valence-corrected chi connectivity index (χ0v) is 12.0. The summed E-state index contributed by atoms with van der Waals surface area (Å²) in [5.41, 5.74) is 1.29. The van der Waals surface area contributed by atoms with E-state index in [4.69, 9.17) is 5.11 Å². The first-order valence-electron chi connectivity index (χ1n) is 5.88. The minimum atomic E-state index is -1.16. The maximum atomic E-state index is 11.2. The molecular weight excluding hydrogens is 294 g/mol. The van der Waals surface area contributed by atoms with Gasteiger partial charge < -0.3 is 5.11 Å². The lowest BCUT2D eigenvalue weighted by atomic mass is 10.2. The Morgan fingerprint density at radius 3 is 2.38 bits per heavy atom. The van der Waals surface area contributed by atoms with Crippen molar-refractivity contribution in [3.05, 3.63) is 51.3 Å². The highest BCUT2D eigenvalue weighted by atomic mass is 32.2. The number of aromatic nitrogens is 2. The van der Waals surface area contributed by atoms with Crippen LogP contribution in [0.15, 0.2) is 34.3 Å². The molecule has 0 aliphatic heterocycles. The van der Waals surface area contributed by atoms with E-state index >= 15 is 0 Å². The number of nitro benzene ring substituents is 1. The van der Waals surface area contributed by atoms with Crippen molar-refractivity contribution in [1.29, 1.82) is 0 Å². The van der Waals surface area contributed by atoms with Crippen LogP contribution in [0.25, 0.3) is 0 Å². The molecule has 8 heteroatoms. The van der Waals surface area contributed by atoms with Crippen molar-refractivity contribution in [2.24, 2.45) is 0 Å². The van der Waals surface area contributed by atoms with Crippen LogP contribution in [0.2, 0.25) is 0 Å². The topological polar surface area (TPSA) is 106 Å². The molecule has 0 aliphatic rings. The predicted octanol–water partition coefficient (Wildman–Crippen LogP) is 2.85. The Balaban J connectivity index is 2.47. The molecule has 0 fully saturated rings. The number of carbonyl (C=O) groups is 1. The Morgan fingerprint density at radius 1 is 1.24 bits per heavy atom. The molecule has 1 heterocycles. The Morgan fingerprint density at radius 2 is 1.86 bits per heavy atom. The van der Waals surface area contributed by atoms with Gasteiger partial charge in [0.25, 0.3) is 5.69 Å². The zero-order valence-electron chi connectivity index (χ0n) is 11.2. The highest BCUT2D eigenvalue weighted by molar-refractivity contribution is 7.99. The van der Waals surface area contributed by atoms with E-state index in [1.54, 1.807) is 19.9 Å². The lowest BCUT2D eigenvalue weighted by molar-refractivity contribution is -0.385. The Kier molecular flexibility index (Phi) is 4.18. The molecule has 0 bridgehead atoms. The van der Waals surface area contributed by atoms with Crippen LogP contribution in [0, 0.1) is 24.0 Å². The summed E-state index contributed by atoms with van der Waals surface area (Å²) in [7, 11) is 0. The first-order chi connectivity index (χ1) is 9.86. The quantitative estimate of drug-likeness (QED) is 0.525. The zero-order chi connectivity index (χ0) is 15.6. The average molecular weight is 305 g/mol. The van der Waals surface area contributed by atoms with E-state index in [0.29, 0.717) is 5.16 Å². The number of carboxylic acid groups (broad SMARTS) is 1. The predicted molar refractivity (Wildman–Crippen MR) is 75.7 cm³/mol. The molecule has 7 nitrogen and oxygen atoms in total. The van der Waals surface area contributed by atoms with Gasteiger partial charge in [-0.3, -0.25) is 10.1 Å². The van der Waals surface area contributed by atoms with Gasteiger partial charge in [0, 0.05) is 28.4 Å². The van der Waals surface area contributed by atoms with Gasteiger partial charge in [0.15, 0.2) is 5.16 Å². The van der Waals surface area contributed by atoms with Crippen molar-refractivity contribution in [2.45, 2.75) is 23.9 Å². The van der Waals surface area contributed by atoms with Crippen LogP contribution in [0.4, 0.5) is 5.69 Å².